The zero-order valence-electron chi connectivity index (χ0n) is 11.8. The second kappa shape index (κ2) is 8.99. The second-order valence-corrected chi connectivity index (χ2v) is 5.61. The highest BCUT2D eigenvalue weighted by molar-refractivity contribution is 7.98. The number of hydrogen-bond donors (Lipinski definition) is 2. The molecule has 106 valence electrons. The van der Waals surface area contributed by atoms with E-state index in [1.807, 2.05) is 24.5 Å². The third-order valence-electron chi connectivity index (χ3n) is 3.13. The van der Waals surface area contributed by atoms with Crippen LogP contribution in [0.2, 0.25) is 0 Å². The van der Waals surface area contributed by atoms with E-state index >= 15 is 0 Å². The van der Waals surface area contributed by atoms with Crippen molar-refractivity contribution in [2.45, 2.75) is 38.3 Å². The minimum absolute atomic E-state index is 0.0307. The van der Waals surface area contributed by atoms with Crippen molar-refractivity contribution >= 4 is 17.7 Å². The quantitative estimate of drug-likeness (QED) is 0.767. The Hall–Kier alpha value is -1.00. The van der Waals surface area contributed by atoms with Crippen LogP contribution in [0.15, 0.2) is 30.3 Å². The Labute approximate surface area is 120 Å². The summed E-state index contributed by atoms with van der Waals surface area (Å²) in [5.74, 6) is 0.907. The summed E-state index contributed by atoms with van der Waals surface area (Å²) < 4.78 is 0. The van der Waals surface area contributed by atoms with Crippen molar-refractivity contribution in [3.8, 4) is 0 Å². The molecule has 1 amide bonds. The van der Waals surface area contributed by atoms with Gasteiger partial charge in [0, 0.05) is 11.8 Å². The van der Waals surface area contributed by atoms with Crippen molar-refractivity contribution in [2.75, 3.05) is 12.0 Å². The third kappa shape index (κ3) is 6.12. The maximum absolute atomic E-state index is 12.0. The number of benzene rings is 1. The van der Waals surface area contributed by atoms with E-state index in [4.69, 9.17) is 5.73 Å². The van der Waals surface area contributed by atoms with Gasteiger partial charge in [0.25, 0.3) is 0 Å². The minimum atomic E-state index is -0.420. The van der Waals surface area contributed by atoms with E-state index in [0.29, 0.717) is 6.42 Å². The van der Waals surface area contributed by atoms with E-state index in [1.165, 1.54) is 5.56 Å². The summed E-state index contributed by atoms with van der Waals surface area (Å²) in [4.78, 5) is 12.0. The Morgan fingerprint density at radius 2 is 2.05 bits per heavy atom. The molecule has 2 atom stereocenters. The number of nitrogens with two attached hydrogens (primary N) is 1. The molecule has 1 aromatic rings. The molecule has 0 bridgehead atoms. The first kappa shape index (κ1) is 16.1. The molecule has 4 heteroatoms. The van der Waals surface area contributed by atoms with E-state index in [2.05, 4.69) is 24.4 Å². The van der Waals surface area contributed by atoms with Crippen molar-refractivity contribution in [3.05, 3.63) is 35.9 Å². The van der Waals surface area contributed by atoms with Gasteiger partial charge >= 0.3 is 0 Å². The van der Waals surface area contributed by atoms with Crippen molar-refractivity contribution in [1.29, 1.82) is 0 Å². The lowest BCUT2D eigenvalue weighted by molar-refractivity contribution is -0.123. The predicted octanol–water partition coefficient (Wildman–Crippen LogP) is 2.20. The van der Waals surface area contributed by atoms with E-state index in [-0.39, 0.29) is 11.9 Å². The van der Waals surface area contributed by atoms with Gasteiger partial charge in [0.15, 0.2) is 0 Å². The number of thioether (sulfide) groups is 1. The molecule has 0 spiro atoms. The highest BCUT2D eigenvalue weighted by Crippen LogP contribution is 2.05. The molecule has 1 aromatic carbocycles. The Balaban J connectivity index is 2.36. The molecular formula is C15H24N2OS. The van der Waals surface area contributed by atoms with E-state index < -0.39 is 6.04 Å². The van der Waals surface area contributed by atoms with Crippen LogP contribution in [0.5, 0.6) is 0 Å². The van der Waals surface area contributed by atoms with Crippen LogP contribution < -0.4 is 11.1 Å². The van der Waals surface area contributed by atoms with Crippen LogP contribution in [0.4, 0.5) is 0 Å². The molecule has 0 saturated heterocycles. The molecule has 0 heterocycles. The zero-order valence-corrected chi connectivity index (χ0v) is 12.6. The topological polar surface area (TPSA) is 55.1 Å². The number of aryl methyl sites for hydroxylation is 1. The highest BCUT2D eigenvalue weighted by atomic mass is 32.2. The predicted molar refractivity (Wildman–Crippen MR) is 83.3 cm³/mol. The molecule has 0 saturated carbocycles. The molecular weight excluding hydrogens is 256 g/mol. The van der Waals surface area contributed by atoms with Crippen LogP contribution in [0.3, 0.4) is 0 Å². The summed E-state index contributed by atoms with van der Waals surface area (Å²) in [5.41, 5.74) is 7.17. The standard InChI is InChI=1S/C15H24N2OS/c1-3-13(11-19-2)17-15(18)14(16)10-9-12-7-5-4-6-8-12/h4-8,13-14H,3,9-11,16H2,1-2H3,(H,17,18). The summed E-state index contributed by atoms with van der Waals surface area (Å²) in [7, 11) is 0. The van der Waals surface area contributed by atoms with Gasteiger partial charge in [-0.3, -0.25) is 4.79 Å². The Morgan fingerprint density at radius 3 is 2.63 bits per heavy atom. The first-order valence-corrected chi connectivity index (χ1v) is 8.15. The molecule has 2 unspecified atom stereocenters. The molecule has 0 radical (unpaired) electrons. The molecule has 0 aliphatic rings. The maximum Gasteiger partial charge on any atom is 0.237 e. The normalized spacial score (nSPS) is 13.8. The number of hydrogen-bond acceptors (Lipinski definition) is 3. The van der Waals surface area contributed by atoms with E-state index in [0.717, 1.165) is 18.6 Å². The molecule has 0 fully saturated rings. The number of rotatable bonds is 8. The molecule has 0 aliphatic heterocycles. The van der Waals surface area contributed by atoms with Crippen LogP contribution in [-0.4, -0.2) is 30.0 Å². The summed E-state index contributed by atoms with van der Waals surface area (Å²) in [6.45, 7) is 2.08. The summed E-state index contributed by atoms with van der Waals surface area (Å²) in [5, 5.41) is 3.02. The number of amides is 1. The van der Waals surface area contributed by atoms with Crippen molar-refractivity contribution < 1.29 is 4.79 Å². The zero-order chi connectivity index (χ0) is 14.1. The van der Waals surface area contributed by atoms with Crippen LogP contribution in [0.25, 0.3) is 0 Å². The average molecular weight is 280 g/mol. The van der Waals surface area contributed by atoms with Crippen LogP contribution in [-0.2, 0) is 11.2 Å². The van der Waals surface area contributed by atoms with Gasteiger partial charge in [-0.2, -0.15) is 11.8 Å². The first-order valence-electron chi connectivity index (χ1n) is 6.76. The SMILES string of the molecule is CCC(CSC)NC(=O)C(N)CCc1ccccc1. The van der Waals surface area contributed by atoms with Crippen molar-refractivity contribution in [1.82, 2.24) is 5.32 Å². The molecule has 0 aromatic heterocycles. The van der Waals surface area contributed by atoms with Crippen LogP contribution in [0.1, 0.15) is 25.3 Å². The van der Waals surface area contributed by atoms with Crippen LogP contribution in [0, 0.1) is 0 Å². The van der Waals surface area contributed by atoms with Gasteiger partial charge in [0.05, 0.1) is 6.04 Å². The Morgan fingerprint density at radius 1 is 1.37 bits per heavy atom. The fraction of sp³-hybridized carbons (Fsp3) is 0.533. The molecule has 3 N–H and O–H groups in total. The van der Waals surface area contributed by atoms with E-state index in [1.54, 1.807) is 11.8 Å². The smallest absolute Gasteiger partial charge is 0.237 e. The molecule has 19 heavy (non-hydrogen) atoms. The lowest BCUT2D eigenvalue weighted by Gasteiger charge is -2.19. The van der Waals surface area contributed by atoms with Gasteiger partial charge < -0.3 is 11.1 Å². The lowest BCUT2D eigenvalue weighted by Crippen LogP contribution is -2.46. The van der Waals surface area contributed by atoms with Gasteiger partial charge in [0.2, 0.25) is 5.91 Å². The maximum atomic E-state index is 12.0. The molecule has 1 rings (SSSR count). The van der Waals surface area contributed by atoms with Gasteiger partial charge in [0.1, 0.15) is 0 Å². The minimum Gasteiger partial charge on any atom is -0.351 e. The second-order valence-electron chi connectivity index (χ2n) is 4.70. The fourth-order valence-corrected chi connectivity index (χ4v) is 2.59. The van der Waals surface area contributed by atoms with Gasteiger partial charge in [-0.25, -0.2) is 0 Å². The number of carbonyl (C=O) groups excluding carboxylic acids is 1. The first-order chi connectivity index (χ1) is 9.17. The number of carbonyl (C=O) groups is 1. The summed E-state index contributed by atoms with van der Waals surface area (Å²) in [6, 6.07) is 9.94. The van der Waals surface area contributed by atoms with Gasteiger partial charge in [-0.1, -0.05) is 37.3 Å². The highest BCUT2D eigenvalue weighted by Gasteiger charge is 2.16. The lowest BCUT2D eigenvalue weighted by atomic mass is 10.1. The summed E-state index contributed by atoms with van der Waals surface area (Å²) >= 11 is 1.74. The Kier molecular flexibility index (Phi) is 7.60. The molecule has 3 nitrogen and oxygen atoms in total. The fourth-order valence-electron chi connectivity index (χ4n) is 1.87. The third-order valence-corrected chi connectivity index (χ3v) is 3.87. The van der Waals surface area contributed by atoms with Gasteiger partial charge in [-0.15, -0.1) is 0 Å². The van der Waals surface area contributed by atoms with Crippen molar-refractivity contribution in [3.63, 3.8) is 0 Å². The van der Waals surface area contributed by atoms with Crippen molar-refractivity contribution in [2.24, 2.45) is 5.73 Å². The van der Waals surface area contributed by atoms with Gasteiger partial charge in [-0.05, 0) is 31.1 Å². The monoisotopic (exact) mass is 280 g/mol. The molecule has 0 aliphatic carbocycles. The largest absolute Gasteiger partial charge is 0.351 e. The van der Waals surface area contributed by atoms with Crippen LogP contribution >= 0.6 is 11.8 Å². The summed E-state index contributed by atoms with van der Waals surface area (Å²) in [6.07, 6.45) is 4.52. The average Bonchev–Trinajstić information content (AvgIpc) is 2.45. The van der Waals surface area contributed by atoms with E-state index in [9.17, 15) is 4.79 Å². The Bertz CT molecular complexity index is 370. The number of nitrogens with one attached hydrogen (secondary N) is 1.